The minimum Gasteiger partial charge on any atom is -0.497 e. The predicted molar refractivity (Wildman–Crippen MR) is 87.3 cm³/mol. The van der Waals surface area contributed by atoms with Gasteiger partial charge in [-0.15, -0.1) is 0 Å². The molecule has 4 nitrogen and oxygen atoms in total. The summed E-state index contributed by atoms with van der Waals surface area (Å²) in [7, 11) is 3.68. The molecule has 2 N–H and O–H groups in total. The van der Waals surface area contributed by atoms with Crippen LogP contribution in [-0.2, 0) is 6.54 Å². The highest BCUT2D eigenvalue weighted by Crippen LogP contribution is 2.26. The molecule has 0 saturated heterocycles. The van der Waals surface area contributed by atoms with Gasteiger partial charge >= 0.3 is 0 Å². The Hall–Kier alpha value is -2.07. The molecule has 0 aliphatic carbocycles. The van der Waals surface area contributed by atoms with Crippen molar-refractivity contribution in [1.82, 2.24) is 4.98 Å². The molecule has 0 radical (unpaired) electrons. The summed E-state index contributed by atoms with van der Waals surface area (Å²) in [6.07, 6.45) is 0. The molecule has 112 valence electrons. The van der Waals surface area contributed by atoms with Crippen molar-refractivity contribution in [3.8, 4) is 5.75 Å². The van der Waals surface area contributed by atoms with Gasteiger partial charge in [-0.05, 0) is 47.9 Å². The number of hydrogen-bond acceptors (Lipinski definition) is 4. The minimum absolute atomic E-state index is 0.375. The molecule has 0 fully saturated rings. The second-order valence-corrected chi connectivity index (χ2v) is 5.37. The topological polar surface area (TPSA) is 51.4 Å². The number of nitrogens with two attached hydrogens (primary N) is 1. The largest absolute Gasteiger partial charge is 0.497 e. The Bertz CT molecular complexity index is 593. The Morgan fingerprint density at radius 3 is 2.38 bits per heavy atom. The molecule has 0 aliphatic rings. The Kier molecular flexibility index (Phi) is 4.81. The van der Waals surface area contributed by atoms with E-state index in [1.807, 2.05) is 37.4 Å². The van der Waals surface area contributed by atoms with Gasteiger partial charge in [-0.1, -0.05) is 13.8 Å². The Balaban J connectivity index is 2.36. The first-order valence-corrected chi connectivity index (χ1v) is 7.14. The molecule has 0 bridgehead atoms. The molecular formula is C17H23N3O. The molecule has 1 heterocycles. The summed E-state index contributed by atoms with van der Waals surface area (Å²) < 4.78 is 5.19. The van der Waals surface area contributed by atoms with E-state index < -0.39 is 0 Å². The summed E-state index contributed by atoms with van der Waals surface area (Å²) in [4.78, 5) is 6.80. The molecule has 0 atom stereocenters. The maximum absolute atomic E-state index is 5.80. The Morgan fingerprint density at radius 2 is 1.86 bits per heavy atom. The number of rotatable bonds is 5. The Labute approximate surface area is 126 Å². The van der Waals surface area contributed by atoms with E-state index in [-0.39, 0.29) is 0 Å². The van der Waals surface area contributed by atoms with E-state index in [1.165, 1.54) is 0 Å². The molecule has 0 spiro atoms. The van der Waals surface area contributed by atoms with Gasteiger partial charge in [0.25, 0.3) is 0 Å². The van der Waals surface area contributed by atoms with E-state index in [1.54, 1.807) is 7.11 Å². The fraction of sp³-hybridized carbons (Fsp3) is 0.353. The standard InChI is InChI=1S/C17H23N3O/c1-12(2)16-9-13(11-18)10-17(19-16)20(3)14-5-7-15(21-4)8-6-14/h5-10,12H,11,18H2,1-4H3. The SMILES string of the molecule is COc1ccc(N(C)c2cc(CN)cc(C(C)C)n2)cc1. The number of pyridine rings is 1. The van der Waals surface area contributed by atoms with Gasteiger partial charge in [0, 0.05) is 25.0 Å². The molecule has 1 aromatic heterocycles. The van der Waals surface area contributed by atoms with Crippen molar-refractivity contribution < 1.29 is 4.74 Å². The van der Waals surface area contributed by atoms with Gasteiger partial charge in [-0.3, -0.25) is 0 Å². The van der Waals surface area contributed by atoms with Gasteiger partial charge in [-0.2, -0.15) is 0 Å². The van der Waals surface area contributed by atoms with Crippen LogP contribution >= 0.6 is 0 Å². The molecule has 0 unspecified atom stereocenters. The normalized spacial score (nSPS) is 10.8. The molecule has 0 aliphatic heterocycles. The van der Waals surface area contributed by atoms with Crippen LogP contribution in [0.3, 0.4) is 0 Å². The molecule has 0 amide bonds. The quantitative estimate of drug-likeness (QED) is 0.914. The zero-order valence-corrected chi connectivity index (χ0v) is 13.1. The first-order chi connectivity index (χ1) is 10.0. The fourth-order valence-electron chi connectivity index (χ4n) is 2.12. The number of ether oxygens (including phenoxy) is 1. The average Bonchev–Trinajstić information content (AvgIpc) is 2.53. The second kappa shape index (κ2) is 6.59. The number of methoxy groups -OCH3 is 1. The third-order valence-corrected chi connectivity index (χ3v) is 3.52. The van der Waals surface area contributed by atoms with E-state index >= 15 is 0 Å². The summed E-state index contributed by atoms with van der Waals surface area (Å²) in [5, 5.41) is 0. The molecule has 2 rings (SSSR count). The molecular weight excluding hydrogens is 262 g/mol. The lowest BCUT2D eigenvalue weighted by Gasteiger charge is -2.21. The fourth-order valence-corrected chi connectivity index (χ4v) is 2.12. The highest BCUT2D eigenvalue weighted by molar-refractivity contribution is 5.60. The van der Waals surface area contributed by atoms with Gasteiger partial charge in [0.2, 0.25) is 0 Å². The number of hydrogen-bond donors (Lipinski definition) is 1. The van der Waals surface area contributed by atoms with Crippen molar-refractivity contribution in [3.63, 3.8) is 0 Å². The summed E-state index contributed by atoms with van der Waals surface area (Å²) in [6, 6.07) is 12.0. The Morgan fingerprint density at radius 1 is 1.19 bits per heavy atom. The second-order valence-electron chi connectivity index (χ2n) is 5.37. The third-order valence-electron chi connectivity index (χ3n) is 3.52. The molecule has 0 saturated carbocycles. The average molecular weight is 285 g/mol. The van der Waals surface area contributed by atoms with E-state index in [0.29, 0.717) is 12.5 Å². The summed E-state index contributed by atoms with van der Waals surface area (Å²) >= 11 is 0. The van der Waals surface area contributed by atoms with E-state index in [0.717, 1.165) is 28.5 Å². The monoisotopic (exact) mass is 285 g/mol. The first-order valence-electron chi connectivity index (χ1n) is 7.14. The van der Waals surface area contributed by atoms with Gasteiger partial charge in [0.05, 0.1) is 7.11 Å². The van der Waals surface area contributed by atoms with Crippen molar-refractivity contribution in [2.24, 2.45) is 5.73 Å². The summed E-state index contributed by atoms with van der Waals surface area (Å²) in [5.74, 6) is 2.13. The zero-order chi connectivity index (χ0) is 15.4. The summed E-state index contributed by atoms with van der Waals surface area (Å²) in [6.45, 7) is 4.80. The van der Waals surface area contributed by atoms with Crippen LogP contribution in [0.4, 0.5) is 11.5 Å². The van der Waals surface area contributed by atoms with Gasteiger partial charge in [-0.25, -0.2) is 4.98 Å². The van der Waals surface area contributed by atoms with E-state index in [9.17, 15) is 0 Å². The van der Waals surface area contributed by atoms with Gasteiger partial charge in [0.15, 0.2) is 0 Å². The van der Waals surface area contributed by atoms with Crippen molar-refractivity contribution in [1.29, 1.82) is 0 Å². The molecule has 21 heavy (non-hydrogen) atoms. The summed E-state index contributed by atoms with van der Waals surface area (Å²) in [5.41, 5.74) is 9.03. The molecule has 2 aromatic rings. The number of benzene rings is 1. The van der Waals surface area contributed by atoms with E-state index in [2.05, 4.69) is 24.8 Å². The van der Waals surface area contributed by atoms with Crippen LogP contribution in [0.25, 0.3) is 0 Å². The molecule has 4 heteroatoms. The third kappa shape index (κ3) is 3.52. The maximum Gasteiger partial charge on any atom is 0.133 e. The van der Waals surface area contributed by atoms with Gasteiger partial charge in [0.1, 0.15) is 11.6 Å². The first kappa shape index (κ1) is 15.3. The van der Waals surface area contributed by atoms with Crippen molar-refractivity contribution in [2.45, 2.75) is 26.3 Å². The van der Waals surface area contributed by atoms with Crippen LogP contribution in [0.5, 0.6) is 5.75 Å². The van der Waals surface area contributed by atoms with Crippen molar-refractivity contribution in [2.75, 3.05) is 19.1 Å². The van der Waals surface area contributed by atoms with Gasteiger partial charge < -0.3 is 15.4 Å². The van der Waals surface area contributed by atoms with E-state index in [4.69, 9.17) is 15.5 Å². The lowest BCUT2D eigenvalue weighted by Crippen LogP contribution is -2.13. The van der Waals surface area contributed by atoms with Crippen LogP contribution < -0.4 is 15.4 Å². The maximum atomic E-state index is 5.80. The van der Waals surface area contributed by atoms with Crippen LogP contribution in [-0.4, -0.2) is 19.1 Å². The lowest BCUT2D eigenvalue weighted by atomic mass is 10.1. The lowest BCUT2D eigenvalue weighted by molar-refractivity contribution is 0.415. The smallest absolute Gasteiger partial charge is 0.133 e. The number of anilines is 2. The number of aromatic nitrogens is 1. The van der Waals surface area contributed by atoms with Crippen LogP contribution in [0, 0.1) is 0 Å². The van der Waals surface area contributed by atoms with Crippen molar-refractivity contribution in [3.05, 3.63) is 47.7 Å². The molecule has 1 aromatic carbocycles. The predicted octanol–water partition coefficient (Wildman–Crippen LogP) is 3.44. The number of nitrogens with zero attached hydrogens (tertiary/aromatic N) is 2. The van der Waals surface area contributed by atoms with Crippen molar-refractivity contribution >= 4 is 11.5 Å². The zero-order valence-electron chi connectivity index (χ0n) is 13.1. The van der Waals surface area contributed by atoms with Crippen LogP contribution in [0.2, 0.25) is 0 Å². The highest BCUT2D eigenvalue weighted by atomic mass is 16.5. The van der Waals surface area contributed by atoms with Crippen LogP contribution in [0.1, 0.15) is 31.0 Å². The highest BCUT2D eigenvalue weighted by Gasteiger charge is 2.10. The minimum atomic E-state index is 0.375. The van der Waals surface area contributed by atoms with Crippen LogP contribution in [0.15, 0.2) is 36.4 Å².